The number of pyridine rings is 1. The number of nitrogens with one attached hydrogen (secondary N) is 1. The van der Waals surface area contributed by atoms with Crippen LogP contribution in [0.25, 0.3) is 0 Å². The van der Waals surface area contributed by atoms with Crippen molar-refractivity contribution in [2.75, 3.05) is 7.05 Å². The van der Waals surface area contributed by atoms with Gasteiger partial charge in [-0.15, -0.1) is 0 Å². The van der Waals surface area contributed by atoms with Crippen LogP contribution in [-0.2, 0) is 6.42 Å². The number of rotatable bonds is 4. The Morgan fingerprint density at radius 3 is 2.58 bits per heavy atom. The summed E-state index contributed by atoms with van der Waals surface area (Å²) in [4.78, 5) is 4.48. The third kappa shape index (κ3) is 3.64. The lowest BCUT2D eigenvalue weighted by molar-refractivity contribution is 0.584. The van der Waals surface area contributed by atoms with Crippen LogP contribution in [0.3, 0.4) is 0 Å². The number of likely N-dealkylation sites (N-methyl/N-ethyl adjacent to an activating group) is 1. The van der Waals surface area contributed by atoms with E-state index < -0.39 is 0 Å². The molecule has 1 N–H and O–H groups in total. The van der Waals surface area contributed by atoms with Gasteiger partial charge in [0, 0.05) is 28.8 Å². The zero-order valence-electron chi connectivity index (χ0n) is 11.6. The quantitative estimate of drug-likeness (QED) is 0.922. The number of halogens is 1. The molecule has 1 aromatic heterocycles. The molecule has 0 aliphatic heterocycles. The summed E-state index contributed by atoms with van der Waals surface area (Å²) >= 11 is 3.60. The Balaban J connectivity index is 2.19. The van der Waals surface area contributed by atoms with Gasteiger partial charge in [0.15, 0.2) is 0 Å². The Bertz CT molecular complexity index is 549. The average Bonchev–Trinajstić information content (AvgIpc) is 2.41. The normalized spacial score (nSPS) is 12.4. The second-order valence-corrected chi connectivity index (χ2v) is 5.74. The van der Waals surface area contributed by atoms with Crippen molar-refractivity contribution in [1.82, 2.24) is 10.3 Å². The molecule has 2 aromatic rings. The third-order valence-electron chi connectivity index (χ3n) is 3.33. The summed E-state index contributed by atoms with van der Waals surface area (Å²) < 4.78 is 1.15. The van der Waals surface area contributed by atoms with Crippen LogP contribution in [0.15, 0.2) is 41.0 Å². The van der Waals surface area contributed by atoms with Crippen LogP contribution in [0.4, 0.5) is 0 Å². The van der Waals surface area contributed by atoms with E-state index in [1.54, 1.807) is 0 Å². The van der Waals surface area contributed by atoms with Crippen molar-refractivity contribution in [3.8, 4) is 0 Å². The highest BCUT2D eigenvalue weighted by atomic mass is 79.9. The molecule has 0 radical (unpaired) electrons. The Hall–Kier alpha value is -1.19. The number of hydrogen-bond donors (Lipinski definition) is 1. The summed E-state index contributed by atoms with van der Waals surface area (Å²) in [5, 5.41) is 3.37. The molecule has 1 heterocycles. The highest BCUT2D eigenvalue weighted by Gasteiger charge is 2.11. The Kier molecular flexibility index (Phi) is 4.72. The van der Waals surface area contributed by atoms with E-state index in [0.29, 0.717) is 0 Å². The van der Waals surface area contributed by atoms with Crippen LogP contribution in [0.1, 0.15) is 28.4 Å². The number of benzene rings is 1. The molecule has 0 aliphatic carbocycles. The third-order valence-corrected chi connectivity index (χ3v) is 4.19. The van der Waals surface area contributed by atoms with Crippen LogP contribution in [0.2, 0.25) is 0 Å². The monoisotopic (exact) mass is 318 g/mol. The van der Waals surface area contributed by atoms with Crippen LogP contribution < -0.4 is 5.32 Å². The van der Waals surface area contributed by atoms with Gasteiger partial charge in [-0.3, -0.25) is 4.98 Å². The van der Waals surface area contributed by atoms with E-state index in [1.165, 1.54) is 16.7 Å². The minimum Gasteiger partial charge on any atom is -0.313 e. The van der Waals surface area contributed by atoms with Crippen molar-refractivity contribution in [2.24, 2.45) is 0 Å². The molecule has 0 saturated carbocycles. The highest BCUT2D eigenvalue weighted by Crippen LogP contribution is 2.23. The fourth-order valence-electron chi connectivity index (χ4n) is 2.04. The fourth-order valence-corrected chi connectivity index (χ4v) is 2.44. The molecular formula is C16H19BrN2. The fraction of sp³-hybridized carbons (Fsp3) is 0.312. The Labute approximate surface area is 123 Å². The minimum absolute atomic E-state index is 0.284. The van der Waals surface area contributed by atoms with Gasteiger partial charge in [0.05, 0.1) is 0 Å². The first-order valence-corrected chi connectivity index (χ1v) is 7.24. The van der Waals surface area contributed by atoms with E-state index in [1.807, 2.05) is 13.2 Å². The molecule has 2 rings (SSSR count). The molecular weight excluding hydrogens is 300 g/mol. The van der Waals surface area contributed by atoms with Gasteiger partial charge in [0.25, 0.3) is 0 Å². The first-order chi connectivity index (χ1) is 9.10. The minimum atomic E-state index is 0.284. The van der Waals surface area contributed by atoms with E-state index >= 15 is 0 Å². The molecule has 2 nitrogen and oxygen atoms in total. The summed E-state index contributed by atoms with van der Waals surface area (Å²) in [6.07, 6.45) is 2.82. The standard InChI is InChI=1S/C16H19BrN2/c1-11-4-7-14(19-10-11)9-16(18-3)13-6-5-12(2)15(17)8-13/h4-8,10,16,18H,9H2,1-3H3. The summed E-state index contributed by atoms with van der Waals surface area (Å²) in [6, 6.07) is 11.0. The lowest BCUT2D eigenvalue weighted by Crippen LogP contribution is -2.19. The van der Waals surface area contributed by atoms with E-state index in [0.717, 1.165) is 16.6 Å². The SMILES string of the molecule is CNC(Cc1ccc(C)cn1)c1ccc(C)c(Br)c1. The maximum absolute atomic E-state index is 4.48. The van der Waals surface area contributed by atoms with Gasteiger partial charge in [-0.1, -0.05) is 34.1 Å². The lowest BCUT2D eigenvalue weighted by atomic mass is 10.0. The average molecular weight is 319 g/mol. The van der Waals surface area contributed by atoms with E-state index in [4.69, 9.17) is 0 Å². The molecule has 1 unspecified atom stereocenters. The van der Waals surface area contributed by atoms with Gasteiger partial charge in [-0.05, 0) is 49.7 Å². The van der Waals surface area contributed by atoms with Crippen molar-refractivity contribution in [3.05, 3.63) is 63.4 Å². The van der Waals surface area contributed by atoms with Crippen molar-refractivity contribution in [3.63, 3.8) is 0 Å². The van der Waals surface area contributed by atoms with Gasteiger partial charge in [-0.25, -0.2) is 0 Å². The first kappa shape index (κ1) is 14.2. The van der Waals surface area contributed by atoms with Crippen LogP contribution in [-0.4, -0.2) is 12.0 Å². The molecule has 3 heteroatoms. The smallest absolute Gasteiger partial charge is 0.0422 e. The largest absolute Gasteiger partial charge is 0.313 e. The molecule has 0 aliphatic rings. The highest BCUT2D eigenvalue weighted by molar-refractivity contribution is 9.10. The molecule has 19 heavy (non-hydrogen) atoms. The van der Waals surface area contributed by atoms with E-state index in [-0.39, 0.29) is 6.04 Å². The summed E-state index contributed by atoms with van der Waals surface area (Å²) in [5.41, 5.74) is 4.85. The molecule has 1 aromatic carbocycles. The summed E-state index contributed by atoms with van der Waals surface area (Å²) in [7, 11) is 1.99. The Morgan fingerprint density at radius 2 is 2.00 bits per heavy atom. The number of aryl methyl sites for hydroxylation is 2. The van der Waals surface area contributed by atoms with Gasteiger partial charge in [0.1, 0.15) is 0 Å². The maximum Gasteiger partial charge on any atom is 0.0422 e. The topological polar surface area (TPSA) is 24.9 Å². The maximum atomic E-state index is 4.48. The molecule has 0 fully saturated rings. The van der Waals surface area contributed by atoms with Gasteiger partial charge in [0.2, 0.25) is 0 Å². The molecule has 0 bridgehead atoms. The number of aromatic nitrogens is 1. The predicted molar refractivity (Wildman–Crippen MR) is 83.4 cm³/mol. The van der Waals surface area contributed by atoms with Crippen molar-refractivity contribution in [2.45, 2.75) is 26.3 Å². The molecule has 1 atom stereocenters. The van der Waals surface area contributed by atoms with Gasteiger partial charge >= 0.3 is 0 Å². The van der Waals surface area contributed by atoms with Crippen LogP contribution in [0, 0.1) is 13.8 Å². The zero-order valence-corrected chi connectivity index (χ0v) is 13.2. The van der Waals surface area contributed by atoms with Crippen molar-refractivity contribution < 1.29 is 0 Å². The lowest BCUT2D eigenvalue weighted by Gasteiger charge is -2.17. The predicted octanol–water partition coefficient (Wildman–Crippen LogP) is 3.96. The zero-order chi connectivity index (χ0) is 13.8. The van der Waals surface area contributed by atoms with Crippen molar-refractivity contribution >= 4 is 15.9 Å². The summed E-state index contributed by atoms with van der Waals surface area (Å²) in [5.74, 6) is 0. The number of hydrogen-bond acceptors (Lipinski definition) is 2. The van der Waals surface area contributed by atoms with Crippen LogP contribution >= 0.6 is 15.9 Å². The first-order valence-electron chi connectivity index (χ1n) is 6.45. The van der Waals surface area contributed by atoms with Crippen molar-refractivity contribution in [1.29, 1.82) is 0 Å². The molecule has 0 amide bonds. The molecule has 0 saturated heterocycles. The van der Waals surface area contributed by atoms with Gasteiger partial charge in [-0.2, -0.15) is 0 Å². The molecule has 0 spiro atoms. The van der Waals surface area contributed by atoms with E-state index in [9.17, 15) is 0 Å². The Morgan fingerprint density at radius 1 is 1.21 bits per heavy atom. The van der Waals surface area contributed by atoms with Gasteiger partial charge < -0.3 is 5.32 Å². The molecule has 100 valence electrons. The van der Waals surface area contributed by atoms with E-state index in [2.05, 4.69) is 70.4 Å². The second-order valence-electron chi connectivity index (χ2n) is 4.88. The second kappa shape index (κ2) is 6.31. The summed E-state index contributed by atoms with van der Waals surface area (Å²) in [6.45, 7) is 4.16. The van der Waals surface area contributed by atoms with Crippen LogP contribution in [0.5, 0.6) is 0 Å². The number of nitrogens with zero attached hydrogens (tertiary/aromatic N) is 1.